The lowest BCUT2D eigenvalue weighted by Gasteiger charge is -2.29. The molecule has 1 saturated carbocycles. The summed E-state index contributed by atoms with van der Waals surface area (Å²) in [6, 6.07) is 58.6. The number of hydrogen-bond donors (Lipinski definition) is 0. The molecule has 1 heteroatoms. The molecule has 0 aliphatic heterocycles. The summed E-state index contributed by atoms with van der Waals surface area (Å²) in [7, 11) is 0. The number of nitrogens with zero attached hydrogens (tertiary/aromatic N) is 1. The van der Waals surface area contributed by atoms with Crippen molar-refractivity contribution < 1.29 is 0 Å². The van der Waals surface area contributed by atoms with Gasteiger partial charge in [-0.3, -0.25) is 0 Å². The van der Waals surface area contributed by atoms with Gasteiger partial charge in [0.2, 0.25) is 0 Å². The summed E-state index contributed by atoms with van der Waals surface area (Å²) >= 11 is 0. The Labute approximate surface area is 385 Å². The number of rotatable bonds is 7. The molecule has 0 aromatic heterocycles. The first-order chi connectivity index (χ1) is 30.3. The first kappa shape index (κ1) is 43.6. The van der Waals surface area contributed by atoms with Gasteiger partial charge in [0.05, 0.1) is 0 Å². The van der Waals surface area contributed by atoms with E-state index in [1.807, 2.05) is 0 Å². The largest absolute Gasteiger partial charge is 0.310 e. The molecule has 0 amide bonds. The van der Waals surface area contributed by atoms with Gasteiger partial charge in [-0.1, -0.05) is 205 Å². The number of fused-ring (bicyclic) bond motifs is 3. The topological polar surface area (TPSA) is 3.24 Å². The van der Waals surface area contributed by atoms with Crippen molar-refractivity contribution in [1.82, 2.24) is 0 Å². The van der Waals surface area contributed by atoms with E-state index >= 15 is 0 Å². The fourth-order valence-corrected chi connectivity index (χ4v) is 10.3. The molecule has 326 valence electrons. The summed E-state index contributed by atoms with van der Waals surface area (Å²) in [4.78, 5) is 2.46. The Kier molecular flexibility index (Phi) is 11.2. The fraction of sp³-hybridized carbons (Fsp3) is 0.333. The fourth-order valence-electron chi connectivity index (χ4n) is 10.3. The highest BCUT2D eigenvalue weighted by molar-refractivity contribution is 5.87. The Morgan fingerprint density at radius 3 is 1.52 bits per heavy atom. The maximum Gasteiger partial charge on any atom is 0.0467 e. The van der Waals surface area contributed by atoms with Gasteiger partial charge in [-0.25, -0.2) is 0 Å². The van der Waals surface area contributed by atoms with Gasteiger partial charge >= 0.3 is 0 Å². The average Bonchev–Trinajstić information content (AvgIpc) is 3.51. The zero-order chi connectivity index (χ0) is 45.2. The second kappa shape index (κ2) is 16.4. The van der Waals surface area contributed by atoms with Crippen LogP contribution < -0.4 is 4.90 Å². The third-order valence-electron chi connectivity index (χ3n) is 14.5. The minimum atomic E-state index is -0.102. The van der Waals surface area contributed by atoms with E-state index in [-0.39, 0.29) is 21.7 Å². The molecule has 1 nitrogen and oxygen atoms in total. The summed E-state index contributed by atoms with van der Waals surface area (Å²) in [6.07, 6.45) is 6.72. The second-order valence-corrected chi connectivity index (χ2v) is 22.6. The molecular formula is C63H69N. The molecule has 1 fully saturated rings. The molecule has 9 rings (SSSR count). The quantitative estimate of drug-likeness (QED) is 0.155. The van der Waals surface area contributed by atoms with E-state index in [0.29, 0.717) is 5.92 Å². The first-order valence-corrected chi connectivity index (χ1v) is 24.0. The zero-order valence-corrected chi connectivity index (χ0v) is 40.5. The van der Waals surface area contributed by atoms with Gasteiger partial charge in [-0.2, -0.15) is 0 Å². The van der Waals surface area contributed by atoms with Crippen LogP contribution >= 0.6 is 0 Å². The predicted molar refractivity (Wildman–Crippen MR) is 277 cm³/mol. The van der Waals surface area contributed by atoms with Gasteiger partial charge in [0.25, 0.3) is 0 Å². The Morgan fingerprint density at radius 1 is 0.391 bits per heavy atom. The van der Waals surface area contributed by atoms with Crippen molar-refractivity contribution in [1.29, 1.82) is 0 Å². The third-order valence-corrected chi connectivity index (χ3v) is 14.5. The lowest BCUT2D eigenvalue weighted by atomic mass is 9.78. The van der Waals surface area contributed by atoms with Crippen LogP contribution in [0.25, 0.3) is 44.5 Å². The maximum atomic E-state index is 2.46. The van der Waals surface area contributed by atoms with Crippen molar-refractivity contribution in [3.05, 3.63) is 185 Å². The summed E-state index contributed by atoms with van der Waals surface area (Å²) in [6.45, 7) is 25.7. The van der Waals surface area contributed by atoms with Crippen LogP contribution in [0.4, 0.5) is 17.1 Å². The van der Waals surface area contributed by atoms with Crippen LogP contribution in [0.1, 0.15) is 148 Å². The summed E-state index contributed by atoms with van der Waals surface area (Å²) in [5.41, 5.74) is 22.0. The van der Waals surface area contributed by atoms with Crippen LogP contribution in [0.15, 0.2) is 152 Å². The Balaban J connectivity index is 1.14. The monoisotopic (exact) mass is 840 g/mol. The molecule has 64 heavy (non-hydrogen) atoms. The number of benzene rings is 7. The van der Waals surface area contributed by atoms with Gasteiger partial charge in [-0.15, -0.1) is 0 Å². The molecule has 2 aliphatic carbocycles. The van der Waals surface area contributed by atoms with Crippen molar-refractivity contribution in [2.75, 3.05) is 4.90 Å². The van der Waals surface area contributed by atoms with E-state index in [0.717, 1.165) is 11.4 Å². The molecule has 0 atom stereocenters. The van der Waals surface area contributed by atoms with Crippen LogP contribution in [0.2, 0.25) is 0 Å². The van der Waals surface area contributed by atoms with E-state index in [1.165, 1.54) is 116 Å². The van der Waals surface area contributed by atoms with Crippen molar-refractivity contribution in [3.8, 4) is 44.5 Å². The van der Waals surface area contributed by atoms with Gasteiger partial charge in [0, 0.05) is 22.5 Å². The van der Waals surface area contributed by atoms with Crippen molar-refractivity contribution in [2.24, 2.45) is 0 Å². The summed E-state index contributed by atoms with van der Waals surface area (Å²) in [5, 5.41) is 0. The van der Waals surface area contributed by atoms with Crippen LogP contribution in [-0.2, 0) is 21.7 Å². The SMILES string of the molecule is CC(C)(C)c1cc(-c2ccc(N(c3cccc(-c4ccc(C5CCCCC5)cc4)c3)c3ccc4c(c3)C(C)(C)c3ccccc3-4)cc2)cc(-c2cc(C(C)(C)C)cc(C(C)(C)C)c2)c1. The normalized spacial score (nSPS) is 15.2. The standard InChI is InChI=1S/C63H69N/c1-60(2,3)50-35-47(34-48(36-50)49-37-51(61(4,5)6)40-52(38-49)62(7,8)9)45-28-30-53(31-29-45)64(55-32-33-57-56-22-15-16-23-58(56)63(10,11)59(57)41-55)54-21-17-20-46(39-54)44-26-24-43(25-27-44)42-18-13-12-14-19-42/h15-17,20-42H,12-14,18-19H2,1-11H3. The smallest absolute Gasteiger partial charge is 0.0467 e. The minimum Gasteiger partial charge on any atom is -0.310 e. The molecule has 7 aromatic rings. The van der Waals surface area contributed by atoms with Crippen LogP contribution in [0, 0.1) is 0 Å². The van der Waals surface area contributed by atoms with Gasteiger partial charge < -0.3 is 4.90 Å². The second-order valence-electron chi connectivity index (χ2n) is 22.6. The highest BCUT2D eigenvalue weighted by Crippen LogP contribution is 2.51. The van der Waals surface area contributed by atoms with Crippen LogP contribution in [0.3, 0.4) is 0 Å². The van der Waals surface area contributed by atoms with Crippen LogP contribution in [0.5, 0.6) is 0 Å². The minimum absolute atomic E-state index is 0.0157. The summed E-state index contributed by atoms with van der Waals surface area (Å²) in [5.74, 6) is 0.700. The van der Waals surface area contributed by atoms with Gasteiger partial charge in [-0.05, 0) is 155 Å². The highest BCUT2D eigenvalue weighted by Gasteiger charge is 2.36. The van der Waals surface area contributed by atoms with Crippen molar-refractivity contribution >= 4 is 17.1 Å². The maximum absolute atomic E-state index is 2.46. The molecule has 7 aromatic carbocycles. The Hall–Kier alpha value is -5.66. The average molecular weight is 840 g/mol. The molecule has 0 heterocycles. The van der Waals surface area contributed by atoms with Gasteiger partial charge in [0.15, 0.2) is 0 Å². The zero-order valence-electron chi connectivity index (χ0n) is 40.5. The molecule has 2 aliphatic rings. The molecular weight excluding hydrogens is 771 g/mol. The van der Waals surface area contributed by atoms with E-state index in [9.17, 15) is 0 Å². The summed E-state index contributed by atoms with van der Waals surface area (Å²) < 4.78 is 0. The lowest BCUT2D eigenvalue weighted by molar-refractivity contribution is 0.443. The molecule has 0 N–H and O–H groups in total. The molecule has 0 spiro atoms. The Bertz CT molecular complexity index is 2770. The first-order valence-electron chi connectivity index (χ1n) is 24.0. The van der Waals surface area contributed by atoms with Gasteiger partial charge in [0.1, 0.15) is 0 Å². The third kappa shape index (κ3) is 8.52. The lowest BCUT2D eigenvalue weighted by Crippen LogP contribution is -2.16. The molecule has 0 radical (unpaired) electrons. The molecule has 0 bridgehead atoms. The number of anilines is 3. The molecule has 0 saturated heterocycles. The molecule has 0 unspecified atom stereocenters. The van der Waals surface area contributed by atoms with E-state index < -0.39 is 0 Å². The Morgan fingerprint density at radius 2 is 0.891 bits per heavy atom. The predicted octanol–water partition coefficient (Wildman–Crippen LogP) is 18.4. The number of hydrogen-bond acceptors (Lipinski definition) is 1. The van der Waals surface area contributed by atoms with Crippen molar-refractivity contribution in [3.63, 3.8) is 0 Å². The van der Waals surface area contributed by atoms with E-state index in [1.54, 1.807) is 0 Å². The van der Waals surface area contributed by atoms with Crippen molar-refractivity contribution in [2.45, 2.75) is 136 Å². The van der Waals surface area contributed by atoms with E-state index in [4.69, 9.17) is 0 Å². The van der Waals surface area contributed by atoms with E-state index in [2.05, 4.69) is 233 Å². The van der Waals surface area contributed by atoms with Crippen LogP contribution in [-0.4, -0.2) is 0 Å². The highest BCUT2D eigenvalue weighted by atomic mass is 15.1.